The number of fused-ring (bicyclic) bond motifs is 1. The van der Waals surface area contributed by atoms with Gasteiger partial charge in [0.15, 0.2) is 0 Å². The van der Waals surface area contributed by atoms with Gasteiger partial charge in [0.1, 0.15) is 17.3 Å². The van der Waals surface area contributed by atoms with Gasteiger partial charge >= 0.3 is 5.97 Å². The first-order valence-electron chi connectivity index (χ1n) is 18.3. The van der Waals surface area contributed by atoms with E-state index in [-0.39, 0.29) is 35.4 Å². The van der Waals surface area contributed by atoms with Gasteiger partial charge in [0.2, 0.25) is 10.0 Å². The number of aryl methyl sites for hydroxylation is 2. The number of para-hydroxylation sites is 1. The summed E-state index contributed by atoms with van der Waals surface area (Å²) in [6.07, 6.45) is 2.61. The van der Waals surface area contributed by atoms with Gasteiger partial charge in [-0.2, -0.15) is 0 Å². The number of carbonyl (C=O) groups is 1. The van der Waals surface area contributed by atoms with Crippen LogP contribution in [0.2, 0.25) is 5.02 Å². The van der Waals surface area contributed by atoms with Crippen molar-refractivity contribution in [3.8, 4) is 5.75 Å². The van der Waals surface area contributed by atoms with Crippen LogP contribution in [-0.2, 0) is 35.9 Å². The highest BCUT2D eigenvalue weighted by molar-refractivity contribution is 7.89. The number of hydrogen-bond donors (Lipinski definition) is 2. The van der Waals surface area contributed by atoms with Crippen molar-refractivity contribution < 1.29 is 23.1 Å². The molecular formula is C46H41ClN2O5S. The summed E-state index contributed by atoms with van der Waals surface area (Å²) in [5.74, 6) is -0.668. The number of sulfonamides is 1. The van der Waals surface area contributed by atoms with Gasteiger partial charge in [-0.25, -0.2) is 17.9 Å². The summed E-state index contributed by atoms with van der Waals surface area (Å²) in [6, 6.07) is 49.8. The summed E-state index contributed by atoms with van der Waals surface area (Å²) < 4.78 is 39.2. The topological polar surface area (TPSA) is 97.6 Å². The number of aromatic carboxylic acids is 1. The molecule has 7 nitrogen and oxygen atoms in total. The van der Waals surface area contributed by atoms with Gasteiger partial charge < -0.3 is 14.4 Å². The SMILES string of the molecule is O=C(O)c1ccc(CCCc2c(CCNS(=O)(=O)c3ccccc3OCc3ccccc3)n(C(c3ccccc3)c3ccccc3)c3ccc(Cl)cc23)cc1. The van der Waals surface area contributed by atoms with Crippen LogP contribution in [0.3, 0.4) is 0 Å². The lowest BCUT2D eigenvalue weighted by Crippen LogP contribution is -2.28. The summed E-state index contributed by atoms with van der Waals surface area (Å²) in [6.45, 7) is 0.378. The van der Waals surface area contributed by atoms with Crippen molar-refractivity contribution in [3.05, 3.63) is 202 Å². The number of ether oxygens (including phenoxy) is 1. The molecular weight excluding hydrogens is 728 g/mol. The van der Waals surface area contributed by atoms with Crippen LogP contribution in [0.1, 0.15) is 56.3 Å². The number of rotatable bonds is 16. The fourth-order valence-electron chi connectivity index (χ4n) is 7.20. The normalized spacial score (nSPS) is 11.6. The zero-order valence-corrected chi connectivity index (χ0v) is 31.7. The van der Waals surface area contributed by atoms with Crippen LogP contribution in [0.15, 0.2) is 163 Å². The third-order valence-corrected chi connectivity index (χ3v) is 11.5. The van der Waals surface area contributed by atoms with Gasteiger partial charge in [-0.15, -0.1) is 0 Å². The molecule has 0 spiro atoms. The molecule has 0 saturated carbocycles. The Morgan fingerprint density at radius 2 is 1.33 bits per heavy atom. The highest BCUT2D eigenvalue weighted by Gasteiger charge is 2.26. The average Bonchev–Trinajstić information content (AvgIpc) is 3.49. The molecule has 1 heterocycles. The Morgan fingerprint density at radius 3 is 1.98 bits per heavy atom. The van der Waals surface area contributed by atoms with E-state index in [2.05, 4.69) is 39.6 Å². The van der Waals surface area contributed by atoms with E-state index in [4.69, 9.17) is 16.3 Å². The Morgan fingerprint density at radius 1 is 0.709 bits per heavy atom. The number of nitrogens with one attached hydrogen (secondary N) is 1. The lowest BCUT2D eigenvalue weighted by molar-refractivity contribution is 0.0697. The fourth-order valence-corrected chi connectivity index (χ4v) is 8.55. The van der Waals surface area contributed by atoms with Crippen molar-refractivity contribution in [2.24, 2.45) is 0 Å². The zero-order chi connectivity index (χ0) is 38.2. The second-order valence-corrected chi connectivity index (χ2v) is 15.6. The highest BCUT2D eigenvalue weighted by atomic mass is 35.5. The molecule has 0 radical (unpaired) electrons. The standard InChI is InChI=1S/C46H41ClN2O5S/c47-38-27-28-41-40(31-38)39(20-12-15-33-23-25-37(26-24-33)46(50)51)42(49(41)45(35-16-6-2-7-17-35)36-18-8-3-9-19-36)29-30-48-55(52,53)44-22-11-10-21-43(44)54-32-34-13-4-1-5-14-34/h1-11,13-14,16-19,21-28,31,45,48H,12,15,20,29-30,32H2,(H,50,51). The molecule has 0 aliphatic heterocycles. The van der Waals surface area contributed by atoms with Crippen LogP contribution in [0, 0.1) is 0 Å². The number of halogens is 1. The van der Waals surface area contributed by atoms with Crippen LogP contribution in [0.4, 0.5) is 0 Å². The minimum atomic E-state index is -3.96. The van der Waals surface area contributed by atoms with Crippen molar-refractivity contribution in [1.82, 2.24) is 9.29 Å². The Labute approximate surface area is 326 Å². The van der Waals surface area contributed by atoms with Gasteiger partial charge in [-0.3, -0.25) is 0 Å². The van der Waals surface area contributed by atoms with Gasteiger partial charge in [-0.1, -0.05) is 127 Å². The summed E-state index contributed by atoms with van der Waals surface area (Å²) in [7, 11) is -3.96. The molecule has 0 amide bonds. The molecule has 0 aliphatic rings. The molecule has 0 atom stereocenters. The third-order valence-electron chi connectivity index (χ3n) is 9.79. The number of carboxylic acid groups (broad SMARTS) is 1. The highest BCUT2D eigenvalue weighted by Crippen LogP contribution is 2.38. The molecule has 7 aromatic rings. The lowest BCUT2D eigenvalue weighted by atomic mass is 9.97. The first-order chi connectivity index (χ1) is 26.8. The summed E-state index contributed by atoms with van der Waals surface area (Å²) in [5, 5.41) is 11.0. The van der Waals surface area contributed by atoms with Crippen molar-refractivity contribution in [2.45, 2.75) is 43.2 Å². The van der Waals surface area contributed by atoms with Crippen LogP contribution in [0.5, 0.6) is 5.75 Å². The molecule has 1 aromatic heterocycles. The maximum absolute atomic E-state index is 14.0. The van der Waals surface area contributed by atoms with Crippen molar-refractivity contribution in [2.75, 3.05) is 6.54 Å². The van der Waals surface area contributed by atoms with E-state index < -0.39 is 16.0 Å². The molecule has 0 aliphatic carbocycles. The van der Waals surface area contributed by atoms with Gasteiger partial charge in [-0.05, 0) is 89.5 Å². The van der Waals surface area contributed by atoms with E-state index in [1.54, 1.807) is 36.4 Å². The van der Waals surface area contributed by atoms with Gasteiger partial charge in [0.25, 0.3) is 0 Å². The van der Waals surface area contributed by atoms with E-state index in [1.807, 2.05) is 91.0 Å². The van der Waals surface area contributed by atoms with Crippen LogP contribution in [0.25, 0.3) is 10.9 Å². The van der Waals surface area contributed by atoms with Crippen LogP contribution >= 0.6 is 11.6 Å². The molecule has 2 N–H and O–H groups in total. The Balaban J connectivity index is 1.25. The Kier molecular flexibility index (Phi) is 11.8. The predicted octanol–water partition coefficient (Wildman–Crippen LogP) is 9.91. The number of aromatic nitrogens is 1. The maximum Gasteiger partial charge on any atom is 0.335 e. The molecule has 278 valence electrons. The zero-order valence-electron chi connectivity index (χ0n) is 30.1. The monoisotopic (exact) mass is 768 g/mol. The minimum absolute atomic E-state index is 0.0823. The molecule has 7 rings (SSSR count). The molecule has 9 heteroatoms. The number of hydrogen-bond acceptors (Lipinski definition) is 4. The van der Waals surface area contributed by atoms with Crippen molar-refractivity contribution >= 4 is 38.5 Å². The first kappa shape index (κ1) is 37.6. The Hall–Kier alpha value is -5.67. The quantitative estimate of drug-likeness (QED) is 0.102. The summed E-state index contributed by atoms with van der Waals surface area (Å²) in [4.78, 5) is 11.5. The average molecular weight is 769 g/mol. The molecule has 55 heavy (non-hydrogen) atoms. The van der Waals surface area contributed by atoms with Crippen LogP contribution < -0.4 is 9.46 Å². The summed E-state index contributed by atoms with van der Waals surface area (Å²) in [5.41, 5.74) is 7.53. The van der Waals surface area contributed by atoms with E-state index in [0.29, 0.717) is 17.9 Å². The largest absolute Gasteiger partial charge is 0.487 e. The minimum Gasteiger partial charge on any atom is -0.487 e. The predicted molar refractivity (Wildman–Crippen MR) is 219 cm³/mol. The third kappa shape index (κ3) is 8.84. The van der Waals surface area contributed by atoms with Gasteiger partial charge in [0.05, 0.1) is 11.6 Å². The van der Waals surface area contributed by atoms with E-state index in [0.717, 1.165) is 57.3 Å². The first-order valence-corrected chi connectivity index (χ1v) is 20.1. The lowest BCUT2D eigenvalue weighted by Gasteiger charge is -2.25. The second-order valence-electron chi connectivity index (χ2n) is 13.4. The smallest absolute Gasteiger partial charge is 0.335 e. The molecule has 0 saturated heterocycles. The van der Waals surface area contributed by atoms with E-state index in [1.165, 1.54) is 0 Å². The molecule has 0 unspecified atom stereocenters. The second kappa shape index (κ2) is 17.2. The van der Waals surface area contributed by atoms with Crippen LogP contribution in [-0.4, -0.2) is 30.6 Å². The molecule has 0 bridgehead atoms. The van der Waals surface area contributed by atoms with Crippen molar-refractivity contribution in [1.29, 1.82) is 0 Å². The maximum atomic E-state index is 14.0. The Bertz CT molecular complexity index is 2450. The van der Waals surface area contributed by atoms with Crippen molar-refractivity contribution in [3.63, 3.8) is 0 Å². The molecule has 6 aromatic carbocycles. The number of carboxylic acids is 1. The molecule has 0 fully saturated rings. The fraction of sp³-hybridized carbons (Fsp3) is 0.152. The number of benzene rings is 6. The van der Waals surface area contributed by atoms with Gasteiger partial charge in [0, 0.05) is 34.6 Å². The number of nitrogens with zero attached hydrogens (tertiary/aromatic N) is 1. The summed E-state index contributed by atoms with van der Waals surface area (Å²) >= 11 is 6.69. The van der Waals surface area contributed by atoms with E-state index in [9.17, 15) is 18.3 Å². The van der Waals surface area contributed by atoms with E-state index >= 15 is 0 Å².